The average molecular weight is 538 g/mol. The molecule has 5 aliphatic rings. The minimum absolute atomic E-state index is 0.0449. The first-order valence-electron chi connectivity index (χ1n) is 14.3. The van der Waals surface area contributed by atoms with E-state index < -0.39 is 0 Å². The molecule has 2 aliphatic heterocycles. The van der Waals surface area contributed by atoms with Gasteiger partial charge in [0.1, 0.15) is 6.61 Å². The first-order chi connectivity index (χ1) is 18.6. The monoisotopic (exact) mass is 537 g/mol. The van der Waals surface area contributed by atoms with E-state index in [1.807, 2.05) is 19.3 Å². The molecule has 38 heavy (non-hydrogen) atoms. The van der Waals surface area contributed by atoms with Crippen molar-refractivity contribution in [1.82, 2.24) is 20.2 Å². The van der Waals surface area contributed by atoms with Gasteiger partial charge in [0, 0.05) is 47.8 Å². The van der Waals surface area contributed by atoms with Gasteiger partial charge in [-0.05, 0) is 51.0 Å². The highest BCUT2D eigenvalue weighted by Crippen LogP contribution is 2.48. The molecule has 1 atom stereocenters. The maximum atomic E-state index is 13.0. The second kappa shape index (κ2) is 11.6. The summed E-state index contributed by atoms with van der Waals surface area (Å²) >= 11 is 1.57. The van der Waals surface area contributed by atoms with E-state index in [2.05, 4.69) is 38.4 Å². The van der Waals surface area contributed by atoms with Gasteiger partial charge in [-0.2, -0.15) is 0 Å². The van der Waals surface area contributed by atoms with Crippen LogP contribution < -0.4 is 5.32 Å². The maximum Gasteiger partial charge on any atom is 0.229 e. The molecule has 0 radical (unpaired) electrons. The summed E-state index contributed by atoms with van der Waals surface area (Å²) < 4.78 is 11.7. The van der Waals surface area contributed by atoms with Crippen molar-refractivity contribution in [3.8, 4) is 0 Å². The molecule has 1 amide bonds. The third kappa shape index (κ3) is 6.06. The van der Waals surface area contributed by atoms with Crippen LogP contribution in [0.2, 0.25) is 0 Å². The summed E-state index contributed by atoms with van der Waals surface area (Å²) in [7, 11) is 0. The summed E-state index contributed by atoms with van der Waals surface area (Å²) in [6, 6.07) is 0.471. The summed E-state index contributed by atoms with van der Waals surface area (Å²) in [4.78, 5) is 29.5. The Bertz CT molecular complexity index is 1090. The normalized spacial score (nSPS) is 33.1. The number of nitrogens with one attached hydrogen (secondary N) is 1. The van der Waals surface area contributed by atoms with Crippen LogP contribution in [0.1, 0.15) is 69.7 Å². The van der Waals surface area contributed by atoms with Gasteiger partial charge in [0.2, 0.25) is 5.91 Å². The highest BCUT2D eigenvalue weighted by Gasteiger charge is 2.54. The molecule has 1 aromatic heterocycles. The Morgan fingerprint density at radius 2 is 2.03 bits per heavy atom. The molecule has 0 aromatic carbocycles. The molecule has 1 aromatic rings. The SMILES string of the molecule is CC1/C=C\C(c2cnc(COC3CCCC3)nc2)=C/CS/C(NC(=O)C2CC(N3CCOCC34CC4)C2)=N\1. The molecule has 3 heterocycles. The van der Waals surface area contributed by atoms with Crippen molar-refractivity contribution in [3.63, 3.8) is 0 Å². The Labute approximate surface area is 229 Å². The average Bonchev–Trinajstić information content (AvgIpc) is 3.42. The Balaban J connectivity index is 1.01. The van der Waals surface area contributed by atoms with E-state index in [-0.39, 0.29) is 23.4 Å². The molecule has 9 heteroatoms. The van der Waals surface area contributed by atoms with Crippen molar-refractivity contribution in [2.75, 3.05) is 25.5 Å². The molecule has 3 saturated carbocycles. The Morgan fingerprint density at radius 3 is 2.79 bits per heavy atom. The molecule has 1 unspecified atom stereocenters. The fourth-order valence-corrected chi connectivity index (χ4v) is 6.88. The minimum atomic E-state index is -0.0449. The number of hydrogen-bond donors (Lipinski definition) is 1. The molecule has 3 aliphatic carbocycles. The summed E-state index contributed by atoms with van der Waals surface area (Å²) in [5, 5.41) is 3.84. The molecule has 4 fully saturated rings. The van der Waals surface area contributed by atoms with Gasteiger partial charge in [-0.3, -0.25) is 14.7 Å². The van der Waals surface area contributed by atoms with E-state index in [1.165, 1.54) is 25.7 Å². The Hall–Kier alpha value is -2.07. The van der Waals surface area contributed by atoms with E-state index in [0.717, 1.165) is 62.4 Å². The summed E-state index contributed by atoms with van der Waals surface area (Å²) in [5.74, 6) is 1.61. The predicted molar refractivity (Wildman–Crippen MR) is 150 cm³/mol. The zero-order valence-electron chi connectivity index (χ0n) is 22.3. The van der Waals surface area contributed by atoms with Gasteiger partial charge in [-0.25, -0.2) is 9.97 Å². The molecule has 1 saturated heterocycles. The van der Waals surface area contributed by atoms with Crippen LogP contribution in [0.3, 0.4) is 0 Å². The van der Waals surface area contributed by atoms with Crippen molar-refractivity contribution in [3.05, 3.63) is 42.0 Å². The molecule has 6 rings (SSSR count). The number of allylic oxidation sites excluding steroid dienone is 2. The number of amides is 1. The van der Waals surface area contributed by atoms with Crippen LogP contribution in [0.5, 0.6) is 0 Å². The zero-order chi connectivity index (χ0) is 26.0. The number of rotatable bonds is 6. The number of carbonyl (C=O) groups excluding carboxylic acids is 1. The zero-order valence-corrected chi connectivity index (χ0v) is 23.1. The van der Waals surface area contributed by atoms with Gasteiger partial charge in [0.05, 0.1) is 25.4 Å². The molecule has 0 bridgehead atoms. The van der Waals surface area contributed by atoms with Crippen molar-refractivity contribution in [2.45, 2.75) is 88.6 Å². The highest BCUT2D eigenvalue weighted by molar-refractivity contribution is 8.14. The number of morpholine rings is 1. The standard InChI is InChI=1S/C29H39N5O3S/c1-20-6-7-21(23-16-30-26(31-17-23)18-37-25-4-2-3-5-25)8-13-38-28(32-20)33-27(35)22-14-24(15-22)34-11-12-36-19-29(34)9-10-29/h6-8,16-17,20,22,24-25H,2-5,9-15,18-19H2,1H3,(H,32,33,35)/b7-6-,21-8+. The molecule has 204 valence electrons. The molecule has 1 N–H and O–H groups in total. The summed E-state index contributed by atoms with van der Waals surface area (Å²) in [5.41, 5.74) is 2.32. The van der Waals surface area contributed by atoms with Gasteiger partial charge >= 0.3 is 0 Å². The summed E-state index contributed by atoms with van der Waals surface area (Å²) in [6.07, 6.45) is 19.6. The van der Waals surface area contributed by atoms with Crippen LogP contribution in [0, 0.1) is 5.92 Å². The van der Waals surface area contributed by atoms with Crippen molar-refractivity contribution >= 4 is 28.4 Å². The predicted octanol–water partition coefficient (Wildman–Crippen LogP) is 4.13. The van der Waals surface area contributed by atoms with Gasteiger partial charge in [0.25, 0.3) is 0 Å². The number of ether oxygens (including phenoxy) is 2. The van der Waals surface area contributed by atoms with Crippen LogP contribution in [0.15, 0.2) is 35.6 Å². The van der Waals surface area contributed by atoms with E-state index >= 15 is 0 Å². The van der Waals surface area contributed by atoms with E-state index in [0.29, 0.717) is 29.7 Å². The van der Waals surface area contributed by atoms with E-state index in [9.17, 15) is 4.79 Å². The van der Waals surface area contributed by atoms with Gasteiger partial charge in [-0.1, -0.05) is 42.8 Å². The van der Waals surface area contributed by atoms with Crippen LogP contribution in [0.4, 0.5) is 0 Å². The number of hydrogen-bond acceptors (Lipinski definition) is 8. The van der Waals surface area contributed by atoms with Gasteiger partial charge < -0.3 is 14.8 Å². The quantitative estimate of drug-likeness (QED) is 0.584. The molecule has 8 nitrogen and oxygen atoms in total. The lowest BCUT2D eigenvalue weighted by atomic mass is 9.77. The number of aliphatic imine (C=N–C) groups is 1. The van der Waals surface area contributed by atoms with E-state index in [4.69, 9.17) is 14.5 Å². The largest absolute Gasteiger partial charge is 0.378 e. The second-order valence-electron chi connectivity index (χ2n) is 11.4. The van der Waals surface area contributed by atoms with Crippen molar-refractivity contribution in [1.29, 1.82) is 0 Å². The van der Waals surface area contributed by atoms with Gasteiger partial charge in [-0.15, -0.1) is 0 Å². The number of amidine groups is 1. The topological polar surface area (TPSA) is 88.9 Å². The third-order valence-corrected chi connectivity index (χ3v) is 9.44. The fourth-order valence-electron chi connectivity index (χ4n) is 6.05. The second-order valence-corrected chi connectivity index (χ2v) is 12.4. The van der Waals surface area contributed by atoms with Crippen LogP contribution >= 0.6 is 11.8 Å². The first kappa shape index (κ1) is 26.2. The first-order valence-corrected chi connectivity index (χ1v) is 15.2. The molecular formula is C29H39N5O3S. The molecule has 1 spiro atoms. The number of aromatic nitrogens is 2. The maximum absolute atomic E-state index is 13.0. The van der Waals surface area contributed by atoms with Crippen LogP contribution in [0.25, 0.3) is 5.57 Å². The number of thioether (sulfide) groups is 1. The van der Waals surface area contributed by atoms with Crippen LogP contribution in [-0.4, -0.2) is 75.2 Å². The Kier molecular flexibility index (Phi) is 7.97. The van der Waals surface area contributed by atoms with Crippen molar-refractivity contribution in [2.24, 2.45) is 10.9 Å². The third-order valence-electron chi connectivity index (χ3n) is 8.63. The van der Waals surface area contributed by atoms with Crippen molar-refractivity contribution < 1.29 is 14.3 Å². The van der Waals surface area contributed by atoms with Gasteiger partial charge in [0.15, 0.2) is 11.0 Å². The fraction of sp³-hybridized carbons (Fsp3) is 0.655. The molecular weight excluding hydrogens is 498 g/mol. The smallest absolute Gasteiger partial charge is 0.229 e. The van der Waals surface area contributed by atoms with Crippen LogP contribution in [-0.2, 0) is 20.9 Å². The Morgan fingerprint density at radius 1 is 1.24 bits per heavy atom. The minimum Gasteiger partial charge on any atom is -0.378 e. The lowest BCUT2D eigenvalue weighted by molar-refractivity contribution is -0.131. The number of carbonyl (C=O) groups is 1. The highest BCUT2D eigenvalue weighted by atomic mass is 32.2. The lowest BCUT2D eigenvalue weighted by Gasteiger charge is -2.48. The summed E-state index contributed by atoms with van der Waals surface area (Å²) in [6.45, 7) is 5.19. The lowest BCUT2D eigenvalue weighted by Crippen LogP contribution is -2.58. The number of nitrogens with zero attached hydrogens (tertiary/aromatic N) is 4. The van der Waals surface area contributed by atoms with E-state index in [1.54, 1.807) is 11.8 Å².